The lowest BCUT2D eigenvalue weighted by atomic mass is 10.1. The topological polar surface area (TPSA) is 66.5 Å². The van der Waals surface area contributed by atoms with Gasteiger partial charge in [0.15, 0.2) is 0 Å². The van der Waals surface area contributed by atoms with Crippen LogP contribution in [-0.4, -0.2) is 28.5 Å². The molecule has 0 atom stereocenters. The molecule has 0 spiro atoms. The number of carbonyl (C=O) groups excluding carboxylic acids is 3. The van der Waals surface area contributed by atoms with E-state index in [1.54, 1.807) is 6.08 Å². The van der Waals surface area contributed by atoms with Gasteiger partial charge in [-0.3, -0.25) is 19.3 Å². The van der Waals surface area contributed by atoms with Crippen molar-refractivity contribution in [1.29, 1.82) is 0 Å². The number of thioether (sulfide) groups is 1. The first kappa shape index (κ1) is 21.6. The summed E-state index contributed by atoms with van der Waals surface area (Å²) in [4.78, 5) is 37.8. The van der Waals surface area contributed by atoms with Gasteiger partial charge in [0.25, 0.3) is 11.1 Å². The molecule has 3 rings (SSSR count). The lowest BCUT2D eigenvalue weighted by Crippen LogP contribution is -2.36. The highest BCUT2D eigenvalue weighted by Gasteiger charge is 2.37. The number of anilines is 1. The number of halogens is 3. The van der Waals surface area contributed by atoms with Gasteiger partial charge in [0.1, 0.15) is 6.54 Å². The van der Waals surface area contributed by atoms with E-state index in [2.05, 4.69) is 5.32 Å². The van der Waals surface area contributed by atoms with Crippen LogP contribution >= 0.6 is 11.8 Å². The van der Waals surface area contributed by atoms with Gasteiger partial charge in [-0.05, 0) is 47.5 Å². The van der Waals surface area contributed by atoms with Crippen molar-refractivity contribution in [3.05, 3.63) is 70.1 Å². The Morgan fingerprint density at radius 2 is 1.77 bits per heavy atom. The van der Waals surface area contributed by atoms with Gasteiger partial charge in [-0.1, -0.05) is 43.3 Å². The number of nitrogens with zero attached hydrogens (tertiary/aromatic N) is 1. The van der Waals surface area contributed by atoms with E-state index in [0.717, 1.165) is 29.7 Å². The van der Waals surface area contributed by atoms with Crippen LogP contribution in [0.25, 0.3) is 6.08 Å². The van der Waals surface area contributed by atoms with Crippen molar-refractivity contribution >= 4 is 40.6 Å². The maximum absolute atomic E-state index is 13.1. The van der Waals surface area contributed by atoms with E-state index in [1.165, 1.54) is 12.1 Å². The van der Waals surface area contributed by atoms with Crippen molar-refractivity contribution in [1.82, 2.24) is 4.90 Å². The number of imide groups is 1. The Kier molecular flexibility index (Phi) is 6.31. The lowest BCUT2D eigenvalue weighted by Gasteiger charge is -2.15. The first-order valence-corrected chi connectivity index (χ1v) is 9.81. The number of nitrogens with one attached hydrogen (secondary N) is 1. The van der Waals surface area contributed by atoms with Gasteiger partial charge in [0, 0.05) is 0 Å². The van der Waals surface area contributed by atoms with Crippen LogP contribution < -0.4 is 5.32 Å². The second kappa shape index (κ2) is 8.74. The van der Waals surface area contributed by atoms with E-state index in [4.69, 9.17) is 0 Å². The SMILES string of the molecule is CCc1ccc(C=C2SC(=O)N(CC(=O)Nc3ccccc3C(F)(F)F)C2=O)cc1. The molecule has 30 heavy (non-hydrogen) atoms. The fourth-order valence-corrected chi connectivity index (χ4v) is 3.65. The van der Waals surface area contributed by atoms with Crippen molar-refractivity contribution in [2.24, 2.45) is 0 Å². The highest BCUT2D eigenvalue weighted by atomic mass is 32.2. The molecule has 1 N–H and O–H groups in total. The zero-order valence-corrected chi connectivity index (χ0v) is 16.6. The largest absolute Gasteiger partial charge is 0.418 e. The molecule has 0 unspecified atom stereocenters. The van der Waals surface area contributed by atoms with Crippen molar-refractivity contribution in [2.75, 3.05) is 11.9 Å². The van der Waals surface area contributed by atoms with Gasteiger partial charge in [0.2, 0.25) is 5.91 Å². The minimum atomic E-state index is -4.65. The molecule has 2 aromatic carbocycles. The van der Waals surface area contributed by atoms with Crippen molar-refractivity contribution < 1.29 is 27.6 Å². The minimum absolute atomic E-state index is 0.146. The van der Waals surface area contributed by atoms with Gasteiger partial charge in [-0.15, -0.1) is 0 Å². The summed E-state index contributed by atoms with van der Waals surface area (Å²) in [5, 5.41) is 1.47. The molecule has 0 bridgehead atoms. The molecule has 1 saturated heterocycles. The van der Waals surface area contributed by atoms with Crippen LogP contribution in [0, 0.1) is 0 Å². The third-order valence-electron chi connectivity index (χ3n) is 4.37. The van der Waals surface area contributed by atoms with Crippen molar-refractivity contribution in [3.8, 4) is 0 Å². The summed E-state index contributed by atoms with van der Waals surface area (Å²) < 4.78 is 39.2. The fourth-order valence-electron chi connectivity index (χ4n) is 2.81. The van der Waals surface area contributed by atoms with Crippen LogP contribution in [0.5, 0.6) is 0 Å². The summed E-state index contributed by atoms with van der Waals surface area (Å²) >= 11 is 0.681. The lowest BCUT2D eigenvalue weighted by molar-refractivity contribution is -0.137. The van der Waals surface area contributed by atoms with E-state index in [1.807, 2.05) is 31.2 Å². The summed E-state index contributed by atoms with van der Waals surface area (Å²) in [6.07, 6.45) is -2.24. The predicted molar refractivity (Wildman–Crippen MR) is 109 cm³/mol. The van der Waals surface area contributed by atoms with Gasteiger partial charge < -0.3 is 5.32 Å². The normalized spacial score (nSPS) is 15.7. The molecular formula is C21H17F3N2O3S. The highest BCUT2D eigenvalue weighted by Crippen LogP contribution is 2.35. The number of amides is 3. The van der Waals surface area contributed by atoms with Crippen LogP contribution in [-0.2, 0) is 22.2 Å². The number of aryl methyl sites for hydroxylation is 1. The van der Waals surface area contributed by atoms with Crippen LogP contribution in [0.2, 0.25) is 0 Å². The Balaban J connectivity index is 1.71. The third-order valence-corrected chi connectivity index (χ3v) is 5.27. The predicted octanol–water partition coefficient (Wildman–Crippen LogP) is 4.94. The number of para-hydroxylation sites is 1. The number of rotatable bonds is 5. The number of benzene rings is 2. The first-order valence-electron chi connectivity index (χ1n) is 8.99. The number of hydrogen-bond acceptors (Lipinski definition) is 4. The summed E-state index contributed by atoms with van der Waals surface area (Å²) in [5.41, 5.74) is 0.397. The second-order valence-corrected chi connectivity index (χ2v) is 7.45. The average molecular weight is 434 g/mol. The molecule has 3 amide bonds. The quantitative estimate of drug-likeness (QED) is 0.677. The Labute approximate surface area is 174 Å². The Bertz CT molecular complexity index is 1020. The van der Waals surface area contributed by atoms with E-state index in [9.17, 15) is 27.6 Å². The molecule has 9 heteroatoms. The molecule has 0 aliphatic carbocycles. The molecular weight excluding hydrogens is 417 g/mol. The second-order valence-electron chi connectivity index (χ2n) is 6.45. The van der Waals surface area contributed by atoms with Crippen molar-refractivity contribution in [3.63, 3.8) is 0 Å². The van der Waals surface area contributed by atoms with E-state index in [-0.39, 0.29) is 4.91 Å². The van der Waals surface area contributed by atoms with Crippen LogP contribution in [0.3, 0.4) is 0 Å². The standard InChI is InChI=1S/C21H17F3N2O3S/c1-2-13-7-9-14(10-8-13)11-17-19(28)26(20(29)30-17)12-18(27)25-16-6-4-3-5-15(16)21(22,23)24/h3-11H,2,12H2,1H3,(H,25,27). The summed E-state index contributed by atoms with van der Waals surface area (Å²) in [7, 11) is 0. The van der Waals surface area contributed by atoms with Crippen LogP contribution in [0.1, 0.15) is 23.6 Å². The molecule has 0 saturated carbocycles. The molecule has 156 valence electrons. The maximum atomic E-state index is 13.1. The average Bonchev–Trinajstić information content (AvgIpc) is 2.95. The Morgan fingerprint density at radius 1 is 1.10 bits per heavy atom. The summed E-state index contributed by atoms with van der Waals surface area (Å²) in [6.45, 7) is 1.33. The number of alkyl halides is 3. The molecule has 1 heterocycles. The van der Waals surface area contributed by atoms with Gasteiger partial charge in [-0.25, -0.2) is 0 Å². The van der Waals surface area contributed by atoms with E-state index < -0.39 is 41.0 Å². The van der Waals surface area contributed by atoms with Gasteiger partial charge in [-0.2, -0.15) is 13.2 Å². The highest BCUT2D eigenvalue weighted by molar-refractivity contribution is 8.18. The minimum Gasteiger partial charge on any atom is -0.324 e. The molecule has 1 aliphatic rings. The molecule has 5 nitrogen and oxygen atoms in total. The van der Waals surface area contributed by atoms with Crippen LogP contribution in [0.4, 0.5) is 23.7 Å². The number of hydrogen-bond donors (Lipinski definition) is 1. The molecule has 1 aliphatic heterocycles. The number of carbonyl (C=O) groups is 3. The maximum Gasteiger partial charge on any atom is 0.418 e. The summed E-state index contributed by atoms with van der Waals surface area (Å²) in [5.74, 6) is -1.56. The fraction of sp³-hybridized carbons (Fsp3) is 0.190. The van der Waals surface area contributed by atoms with Crippen molar-refractivity contribution in [2.45, 2.75) is 19.5 Å². The van der Waals surface area contributed by atoms with E-state index in [0.29, 0.717) is 16.7 Å². The zero-order chi connectivity index (χ0) is 21.9. The molecule has 2 aromatic rings. The van der Waals surface area contributed by atoms with E-state index >= 15 is 0 Å². The van der Waals surface area contributed by atoms with Crippen LogP contribution in [0.15, 0.2) is 53.4 Å². The molecule has 0 aromatic heterocycles. The molecule has 1 fully saturated rings. The molecule has 0 radical (unpaired) electrons. The monoisotopic (exact) mass is 434 g/mol. The summed E-state index contributed by atoms with van der Waals surface area (Å²) in [6, 6.07) is 11.9. The van der Waals surface area contributed by atoms with Gasteiger partial charge in [0.05, 0.1) is 16.2 Å². The Morgan fingerprint density at radius 3 is 2.40 bits per heavy atom. The zero-order valence-electron chi connectivity index (χ0n) is 15.8. The smallest absolute Gasteiger partial charge is 0.324 e. The first-order chi connectivity index (χ1) is 14.2. The Hall–Kier alpha value is -3.07. The van der Waals surface area contributed by atoms with Gasteiger partial charge >= 0.3 is 6.18 Å². The third kappa shape index (κ3) is 4.91.